The predicted octanol–water partition coefficient (Wildman–Crippen LogP) is 4.67. The second-order valence-electron chi connectivity index (χ2n) is 6.74. The van der Waals surface area contributed by atoms with E-state index >= 15 is 0 Å². The van der Waals surface area contributed by atoms with Crippen molar-refractivity contribution in [2.45, 2.75) is 12.3 Å². The molecule has 0 spiro atoms. The fraction of sp³-hybridized carbons (Fsp3) is 0.0833. The summed E-state index contributed by atoms with van der Waals surface area (Å²) in [6.45, 7) is 2.00. The van der Waals surface area contributed by atoms with Crippen molar-refractivity contribution in [3.63, 3.8) is 0 Å². The van der Waals surface area contributed by atoms with Crippen molar-refractivity contribution in [2.75, 3.05) is 5.32 Å². The minimum atomic E-state index is -1.02. The van der Waals surface area contributed by atoms with Crippen molar-refractivity contribution < 1.29 is 9.59 Å². The molecular weight excluding hydrogens is 334 g/mol. The predicted molar refractivity (Wildman–Crippen MR) is 107 cm³/mol. The highest BCUT2D eigenvalue weighted by Gasteiger charge is 2.46. The van der Waals surface area contributed by atoms with E-state index in [9.17, 15) is 9.59 Å². The Labute approximate surface area is 158 Å². The standard InChI is InChI=1S/C24H19NO2/c1-17-12-13-21-20(16-17)24(23(27)25-21,19-10-6-3-7-11-19)15-14-22(26)18-8-4-2-5-9-18/h2-16H,1H3,(H,25,27)/b15-14+/t24-/m0/s1. The van der Waals surface area contributed by atoms with E-state index in [2.05, 4.69) is 5.32 Å². The Morgan fingerprint density at radius 3 is 2.30 bits per heavy atom. The van der Waals surface area contributed by atoms with Gasteiger partial charge >= 0.3 is 0 Å². The number of carbonyl (C=O) groups is 2. The monoisotopic (exact) mass is 353 g/mol. The Morgan fingerprint density at radius 2 is 1.59 bits per heavy atom. The summed E-state index contributed by atoms with van der Waals surface area (Å²) in [6.07, 6.45) is 3.25. The Balaban J connectivity index is 1.87. The summed E-state index contributed by atoms with van der Waals surface area (Å²) in [5, 5.41) is 2.98. The molecule has 132 valence electrons. The highest BCUT2D eigenvalue weighted by Crippen LogP contribution is 2.44. The van der Waals surface area contributed by atoms with Crippen molar-refractivity contribution in [2.24, 2.45) is 0 Å². The molecular formula is C24H19NO2. The van der Waals surface area contributed by atoms with E-state index in [0.717, 1.165) is 22.4 Å². The van der Waals surface area contributed by atoms with Crippen LogP contribution in [0.2, 0.25) is 0 Å². The number of hydrogen-bond acceptors (Lipinski definition) is 2. The minimum Gasteiger partial charge on any atom is -0.324 e. The summed E-state index contributed by atoms with van der Waals surface area (Å²) < 4.78 is 0. The molecule has 3 aromatic carbocycles. The zero-order valence-electron chi connectivity index (χ0n) is 15.0. The maximum absolute atomic E-state index is 13.1. The second-order valence-corrected chi connectivity index (χ2v) is 6.74. The molecule has 1 heterocycles. The molecule has 3 nitrogen and oxygen atoms in total. The second kappa shape index (κ2) is 6.69. The molecule has 0 radical (unpaired) electrons. The molecule has 4 rings (SSSR count). The lowest BCUT2D eigenvalue weighted by Gasteiger charge is -2.24. The lowest BCUT2D eigenvalue weighted by molar-refractivity contribution is -0.118. The Bertz CT molecular complexity index is 1040. The molecule has 0 aliphatic carbocycles. The fourth-order valence-electron chi connectivity index (χ4n) is 3.59. The molecule has 1 atom stereocenters. The lowest BCUT2D eigenvalue weighted by atomic mass is 9.74. The molecule has 3 aromatic rings. The summed E-state index contributed by atoms with van der Waals surface area (Å²) in [6, 6.07) is 24.6. The van der Waals surface area contributed by atoms with Crippen LogP contribution >= 0.6 is 0 Å². The van der Waals surface area contributed by atoms with Gasteiger partial charge in [-0.1, -0.05) is 84.4 Å². The fourth-order valence-corrected chi connectivity index (χ4v) is 3.59. The largest absolute Gasteiger partial charge is 0.324 e. The number of benzene rings is 3. The van der Waals surface area contributed by atoms with Crippen LogP contribution in [0.5, 0.6) is 0 Å². The number of allylic oxidation sites excluding steroid dienone is 1. The number of anilines is 1. The molecule has 0 unspecified atom stereocenters. The van der Waals surface area contributed by atoms with Crippen LogP contribution in [0.25, 0.3) is 0 Å². The van der Waals surface area contributed by atoms with Crippen LogP contribution in [0.1, 0.15) is 27.0 Å². The molecule has 1 N–H and O–H groups in total. The summed E-state index contributed by atoms with van der Waals surface area (Å²) in [7, 11) is 0. The Hall–Kier alpha value is -3.46. The molecule has 3 heteroatoms. The SMILES string of the molecule is Cc1ccc2c(c1)[C@](/C=C/C(=O)c1ccccc1)(c1ccccc1)C(=O)N2. The summed E-state index contributed by atoms with van der Waals surface area (Å²) in [5.41, 5.74) is 3.13. The average Bonchev–Trinajstić information content (AvgIpc) is 2.99. The van der Waals surface area contributed by atoms with Crippen LogP contribution in [-0.2, 0) is 10.2 Å². The van der Waals surface area contributed by atoms with E-state index in [1.807, 2.05) is 73.7 Å². The van der Waals surface area contributed by atoms with E-state index in [1.165, 1.54) is 6.08 Å². The van der Waals surface area contributed by atoms with Crippen molar-refractivity contribution in [3.8, 4) is 0 Å². The van der Waals surface area contributed by atoms with E-state index in [0.29, 0.717) is 5.56 Å². The number of ketones is 1. The third kappa shape index (κ3) is 2.87. The molecule has 1 amide bonds. The third-order valence-electron chi connectivity index (χ3n) is 4.98. The zero-order valence-corrected chi connectivity index (χ0v) is 15.0. The molecule has 0 aromatic heterocycles. The first-order valence-electron chi connectivity index (χ1n) is 8.88. The van der Waals surface area contributed by atoms with Crippen LogP contribution in [-0.4, -0.2) is 11.7 Å². The topological polar surface area (TPSA) is 46.2 Å². The molecule has 0 saturated carbocycles. The number of rotatable bonds is 4. The summed E-state index contributed by atoms with van der Waals surface area (Å²) in [5.74, 6) is -0.272. The van der Waals surface area contributed by atoms with Crippen LogP contribution < -0.4 is 5.32 Å². The first-order valence-corrected chi connectivity index (χ1v) is 8.88. The van der Waals surface area contributed by atoms with Gasteiger partial charge in [-0.2, -0.15) is 0 Å². The van der Waals surface area contributed by atoms with Gasteiger partial charge in [0.25, 0.3) is 0 Å². The first kappa shape index (κ1) is 17.0. The van der Waals surface area contributed by atoms with Gasteiger partial charge in [-0.15, -0.1) is 0 Å². The van der Waals surface area contributed by atoms with Gasteiger partial charge in [0.15, 0.2) is 5.78 Å². The van der Waals surface area contributed by atoms with E-state index in [4.69, 9.17) is 0 Å². The third-order valence-corrected chi connectivity index (χ3v) is 4.98. The van der Waals surface area contributed by atoms with E-state index < -0.39 is 5.41 Å². The molecule has 0 saturated heterocycles. The van der Waals surface area contributed by atoms with Gasteiger partial charge in [-0.05, 0) is 30.2 Å². The van der Waals surface area contributed by atoms with Gasteiger partial charge in [-0.25, -0.2) is 0 Å². The maximum Gasteiger partial charge on any atom is 0.243 e. The number of carbonyl (C=O) groups excluding carboxylic acids is 2. The van der Waals surface area contributed by atoms with Crippen LogP contribution in [0.3, 0.4) is 0 Å². The first-order chi connectivity index (χ1) is 13.1. The van der Waals surface area contributed by atoms with Gasteiger partial charge in [0.05, 0.1) is 0 Å². The van der Waals surface area contributed by atoms with Gasteiger partial charge in [0.1, 0.15) is 5.41 Å². The highest BCUT2D eigenvalue weighted by molar-refractivity contribution is 6.12. The minimum absolute atomic E-state index is 0.125. The van der Waals surface area contributed by atoms with Crippen LogP contribution in [0.15, 0.2) is 91.0 Å². The van der Waals surface area contributed by atoms with E-state index in [1.54, 1.807) is 18.2 Å². The number of nitrogens with one attached hydrogen (secondary N) is 1. The molecule has 1 aliphatic heterocycles. The molecule has 1 aliphatic rings. The Kier molecular flexibility index (Phi) is 4.21. The van der Waals surface area contributed by atoms with E-state index in [-0.39, 0.29) is 11.7 Å². The number of aryl methyl sites for hydroxylation is 1. The normalized spacial score (nSPS) is 18.3. The molecule has 0 bridgehead atoms. The molecule has 27 heavy (non-hydrogen) atoms. The van der Waals surface area contributed by atoms with Gasteiger partial charge in [-0.3, -0.25) is 9.59 Å². The number of hydrogen-bond donors (Lipinski definition) is 1. The van der Waals surface area contributed by atoms with Crippen LogP contribution in [0.4, 0.5) is 5.69 Å². The van der Waals surface area contributed by atoms with Gasteiger partial charge in [0.2, 0.25) is 5.91 Å². The lowest BCUT2D eigenvalue weighted by Crippen LogP contribution is -2.34. The van der Waals surface area contributed by atoms with Crippen molar-refractivity contribution in [1.82, 2.24) is 0 Å². The Morgan fingerprint density at radius 1 is 0.926 bits per heavy atom. The van der Waals surface area contributed by atoms with Crippen molar-refractivity contribution in [3.05, 3.63) is 113 Å². The summed E-state index contributed by atoms with van der Waals surface area (Å²) >= 11 is 0. The smallest absolute Gasteiger partial charge is 0.243 e. The highest BCUT2D eigenvalue weighted by atomic mass is 16.2. The van der Waals surface area contributed by atoms with Crippen molar-refractivity contribution >= 4 is 17.4 Å². The van der Waals surface area contributed by atoms with Gasteiger partial charge in [0, 0.05) is 11.3 Å². The summed E-state index contributed by atoms with van der Waals surface area (Å²) in [4.78, 5) is 25.8. The van der Waals surface area contributed by atoms with Crippen molar-refractivity contribution in [1.29, 1.82) is 0 Å². The zero-order chi connectivity index (χ0) is 18.9. The quantitative estimate of drug-likeness (QED) is 0.547. The number of amides is 1. The van der Waals surface area contributed by atoms with Crippen LogP contribution in [0, 0.1) is 6.92 Å². The number of fused-ring (bicyclic) bond motifs is 1. The average molecular weight is 353 g/mol. The van der Waals surface area contributed by atoms with Gasteiger partial charge < -0.3 is 5.32 Å². The molecule has 0 fully saturated rings. The maximum atomic E-state index is 13.1.